The molecular weight excluding hydrogens is 224 g/mol. The minimum absolute atomic E-state index is 0.0204. The highest BCUT2D eigenvalue weighted by Gasteiger charge is 2.27. The summed E-state index contributed by atoms with van der Waals surface area (Å²) in [6, 6.07) is 5.21. The average molecular weight is 232 g/mol. The second kappa shape index (κ2) is 4.09. The lowest BCUT2D eigenvalue weighted by atomic mass is 10.1. The molecule has 1 aliphatic heterocycles. The van der Waals surface area contributed by atoms with Crippen molar-refractivity contribution in [1.29, 1.82) is 0 Å². The Labute approximate surface area is 95.9 Å². The van der Waals surface area contributed by atoms with Gasteiger partial charge in [0, 0.05) is 0 Å². The average Bonchev–Trinajstić information content (AvgIpc) is 2.23. The topological polar surface area (TPSA) is 95.5 Å². The van der Waals surface area contributed by atoms with Crippen LogP contribution in [-0.2, 0) is 9.59 Å². The number of phenolic OH excluding ortho intramolecular Hbond substituents is 1. The number of nitrogens with one attached hydrogen (secondary N) is 2. The summed E-state index contributed by atoms with van der Waals surface area (Å²) in [7, 11) is 0. The minimum Gasteiger partial charge on any atom is -0.508 e. The van der Waals surface area contributed by atoms with Crippen molar-refractivity contribution in [3.05, 3.63) is 35.4 Å². The number of hydrogen-bond donors (Lipinski definition) is 3. The van der Waals surface area contributed by atoms with E-state index < -0.39 is 17.8 Å². The molecule has 0 aromatic heterocycles. The SMILES string of the molecule is O=C1NC(=O)C(=Cc2cccc(O)c2)C(=O)N1. The molecule has 1 fully saturated rings. The molecule has 1 aromatic rings. The van der Waals surface area contributed by atoms with Crippen LogP contribution in [0.5, 0.6) is 5.75 Å². The van der Waals surface area contributed by atoms with E-state index in [4.69, 9.17) is 0 Å². The van der Waals surface area contributed by atoms with E-state index in [-0.39, 0.29) is 11.3 Å². The zero-order chi connectivity index (χ0) is 12.4. The smallest absolute Gasteiger partial charge is 0.328 e. The van der Waals surface area contributed by atoms with Crippen molar-refractivity contribution in [2.45, 2.75) is 0 Å². The third-order valence-electron chi connectivity index (χ3n) is 2.12. The second-order valence-electron chi connectivity index (χ2n) is 3.39. The van der Waals surface area contributed by atoms with E-state index in [1.165, 1.54) is 18.2 Å². The molecule has 1 heterocycles. The monoisotopic (exact) mass is 232 g/mol. The van der Waals surface area contributed by atoms with Crippen molar-refractivity contribution in [3.8, 4) is 5.75 Å². The number of rotatable bonds is 1. The fourth-order valence-corrected chi connectivity index (χ4v) is 1.39. The third kappa shape index (κ3) is 2.31. The van der Waals surface area contributed by atoms with E-state index in [1.54, 1.807) is 12.1 Å². The Balaban J connectivity index is 2.36. The highest BCUT2D eigenvalue weighted by Crippen LogP contribution is 2.15. The highest BCUT2D eigenvalue weighted by molar-refractivity contribution is 6.31. The van der Waals surface area contributed by atoms with E-state index in [2.05, 4.69) is 0 Å². The molecule has 0 spiro atoms. The number of hydrogen-bond acceptors (Lipinski definition) is 4. The van der Waals surface area contributed by atoms with Crippen LogP contribution >= 0.6 is 0 Å². The predicted octanol–water partition coefficient (Wildman–Crippen LogP) is 0.142. The van der Waals surface area contributed by atoms with Gasteiger partial charge in [-0.15, -0.1) is 0 Å². The van der Waals surface area contributed by atoms with E-state index in [9.17, 15) is 19.5 Å². The molecule has 86 valence electrons. The predicted molar refractivity (Wildman–Crippen MR) is 57.8 cm³/mol. The Kier molecular flexibility index (Phi) is 2.61. The van der Waals surface area contributed by atoms with Gasteiger partial charge in [0.05, 0.1) is 0 Å². The molecule has 0 unspecified atom stereocenters. The van der Waals surface area contributed by atoms with Crippen LogP contribution in [0.1, 0.15) is 5.56 Å². The highest BCUT2D eigenvalue weighted by atomic mass is 16.3. The molecule has 1 saturated heterocycles. The number of aromatic hydroxyl groups is 1. The summed E-state index contributed by atoms with van der Waals surface area (Å²) in [6.45, 7) is 0. The van der Waals surface area contributed by atoms with Crippen molar-refractivity contribution in [2.24, 2.45) is 0 Å². The van der Waals surface area contributed by atoms with Gasteiger partial charge in [0.25, 0.3) is 11.8 Å². The van der Waals surface area contributed by atoms with Gasteiger partial charge in [-0.25, -0.2) is 4.79 Å². The molecule has 4 amide bonds. The van der Waals surface area contributed by atoms with Gasteiger partial charge in [-0.2, -0.15) is 0 Å². The van der Waals surface area contributed by atoms with Crippen molar-refractivity contribution in [2.75, 3.05) is 0 Å². The van der Waals surface area contributed by atoms with E-state index in [1.807, 2.05) is 10.6 Å². The quantitative estimate of drug-likeness (QED) is 0.474. The van der Waals surface area contributed by atoms with E-state index in [0.29, 0.717) is 5.56 Å². The summed E-state index contributed by atoms with van der Waals surface area (Å²) in [4.78, 5) is 33.6. The third-order valence-corrected chi connectivity index (χ3v) is 2.12. The van der Waals surface area contributed by atoms with E-state index in [0.717, 1.165) is 0 Å². The second-order valence-corrected chi connectivity index (χ2v) is 3.39. The van der Waals surface area contributed by atoms with Crippen molar-refractivity contribution in [1.82, 2.24) is 10.6 Å². The van der Waals surface area contributed by atoms with Crippen molar-refractivity contribution >= 4 is 23.9 Å². The summed E-state index contributed by atoms with van der Waals surface area (Å²) in [5, 5.41) is 13.1. The van der Waals surface area contributed by atoms with Crippen LogP contribution in [0.4, 0.5) is 4.79 Å². The van der Waals surface area contributed by atoms with Crippen LogP contribution in [0.2, 0.25) is 0 Å². The molecule has 0 aliphatic carbocycles. The first-order chi connectivity index (χ1) is 8.06. The van der Waals surface area contributed by atoms with Gasteiger partial charge in [0.1, 0.15) is 11.3 Å². The van der Waals surface area contributed by atoms with Crippen LogP contribution in [0.3, 0.4) is 0 Å². The van der Waals surface area contributed by atoms with Gasteiger partial charge < -0.3 is 5.11 Å². The van der Waals surface area contributed by atoms with Crippen LogP contribution in [0, 0.1) is 0 Å². The maximum Gasteiger partial charge on any atom is 0.328 e. The maximum atomic E-state index is 11.4. The van der Waals surface area contributed by atoms with Crippen LogP contribution in [0.15, 0.2) is 29.8 Å². The zero-order valence-electron chi connectivity index (χ0n) is 8.56. The molecule has 17 heavy (non-hydrogen) atoms. The lowest BCUT2D eigenvalue weighted by Gasteiger charge is -2.13. The number of phenols is 1. The van der Waals surface area contributed by atoms with Gasteiger partial charge in [-0.05, 0) is 23.8 Å². The molecule has 1 aromatic carbocycles. The fourth-order valence-electron chi connectivity index (χ4n) is 1.39. The number of imide groups is 2. The Bertz CT molecular complexity index is 526. The summed E-state index contributed by atoms with van der Waals surface area (Å²) in [5.41, 5.74) is 0.301. The fraction of sp³-hybridized carbons (Fsp3) is 0. The lowest BCUT2D eigenvalue weighted by Crippen LogP contribution is -2.51. The first-order valence-corrected chi connectivity index (χ1v) is 4.73. The number of carbonyl (C=O) groups excluding carboxylic acids is 3. The molecule has 6 heteroatoms. The molecule has 6 nitrogen and oxygen atoms in total. The summed E-state index contributed by atoms with van der Waals surface area (Å²) in [5.74, 6) is -1.50. The van der Waals surface area contributed by atoms with Gasteiger partial charge >= 0.3 is 6.03 Å². The molecule has 2 rings (SSSR count). The van der Waals surface area contributed by atoms with E-state index >= 15 is 0 Å². The van der Waals surface area contributed by atoms with Crippen LogP contribution in [-0.4, -0.2) is 23.0 Å². The number of urea groups is 1. The van der Waals surface area contributed by atoms with Crippen LogP contribution in [0.25, 0.3) is 6.08 Å². The largest absolute Gasteiger partial charge is 0.508 e. The van der Waals surface area contributed by atoms with Crippen molar-refractivity contribution < 1.29 is 19.5 Å². The maximum absolute atomic E-state index is 11.4. The Morgan fingerprint density at radius 3 is 2.29 bits per heavy atom. The Morgan fingerprint density at radius 2 is 1.71 bits per heavy atom. The first kappa shape index (κ1) is 10.9. The number of barbiturate groups is 1. The minimum atomic E-state index is -0.840. The molecule has 0 atom stereocenters. The van der Waals surface area contributed by atoms with Gasteiger partial charge in [-0.3, -0.25) is 20.2 Å². The lowest BCUT2D eigenvalue weighted by molar-refractivity contribution is -0.123. The summed E-state index contributed by atoms with van der Waals surface area (Å²) >= 11 is 0. The molecular formula is C11H8N2O4. The Hall–Kier alpha value is -2.63. The van der Waals surface area contributed by atoms with Crippen LogP contribution < -0.4 is 10.6 Å². The normalized spacial score (nSPS) is 15.3. The first-order valence-electron chi connectivity index (χ1n) is 4.73. The molecule has 0 bridgehead atoms. The Morgan fingerprint density at radius 1 is 1.06 bits per heavy atom. The summed E-state index contributed by atoms with van der Waals surface area (Å²) < 4.78 is 0. The standard InChI is InChI=1S/C11H8N2O4/c14-7-3-1-2-6(4-7)5-8-9(15)12-11(17)13-10(8)16/h1-5,14H,(H2,12,13,15,16,17). The number of amides is 4. The molecule has 0 saturated carbocycles. The van der Waals surface area contributed by atoms with Gasteiger partial charge in [0.15, 0.2) is 0 Å². The van der Waals surface area contributed by atoms with Gasteiger partial charge in [-0.1, -0.05) is 12.1 Å². The van der Waals surface area contributed by atoms with Crippen molar-refractivity contribution in [3.63, 3.8) is 0 Å². The number of carbonyl (C=O) groups is 3. The molecule has 3 N–H and O–H groups in total. The molecule has 0 radical (unpaired) electrons. The molecule has 1 aliphatic rings. The number of benzene rings is 1. The summed E-state index contributed by atoms with van der Waals surface area (Å²) in [6.07, 6.45) is 1.29. The van der Waals surface area contributed by atoms with Gasteiger partial charge in [0.2, 0.25) is 0 Å². The zero-order valence-corrected chi connectivity index (χ0v) is 8.56.